The minimum absolute atomic E-state index is 0.00128. The van der Waals surface area contributed by atoms with E-state index in [2.05, 4.69) is 0 Å². The third-order valence-corrected chi connectivity index (χ3v) is 5.56. The third-order valence-electron chi connectivity index (χ3n) is 3.28. The number of hydrogen-bond acceptors (Lipinski definition) is 5. The Balaban J connectivity index is 2.09. The van der Waals surface area contributed by atoms with Crippen LogP contribution in [-0.4, -0.2) is 57.2 Å². The molecule has 1 aromatic rings. The summed E-state index contributed by atoms with van der Waals surface area (Å²) < 4.78 is 17.1. The van der Waals surface area contributed by atoms with Crippen LogP contribution in [0.2, 0.25) is 5.32 Å². The molecule has 1 aliphatic rings. The molecule has 1 N–H and O–H groups in total. The third kappa shape index (κ3) is 3.65. The van der Waals surface area contributed by atoms with Gasteiger partial charge in [0.25, 0.3) is 0 Å². The van der Waals surface area contributed by atoms with Crippen LogP contribution in [-0.2, 0) is 19.0 Å². The molecule has 2 unspecified atom stereocenters. The zero-order valence-electron chi connectivity index (χ0n) is 12.4. The summed E-state index contributed by atoms with van der Waals surface area (Å²) >= 11 is 0.0395. The van der Waals surface area contributed by atoms with E-state index in [1.807, 2.05) is 30.3 Å². The van der Waals surface area contributed by atoms with Crippen LogP contribution in [0.4, 0.5) is 0 Å². The van der Waals surface area contributed by atoms with Gasteiger partial charge in [-0.2, -0.15) is 0 Å². The molecule has 1 fully saturated rings. The van der Waals surface area contributed by atoms with Crippen LogP contribution in [0.15, 0.2) is 30.3 Å². The molecule has 21 heavy (non-hydrogen) atoms. The van der Waals surface area contributed by atoms with Crippen molar-refractivity contribution in [1.29, 1.82) is 0 Å². The number of carbonyl (C=O) groups excluding carboxylic acids is 1. The number of benzene rings is 1. The van der Waals surface area contributed by atoms with Gasteiger partial charge in [-0.1, -0.05) is 0 Å². The second-order valence-electron chi connectivity index (χ2n) is 5.31. The Labute approximate surface area is 130 Å². The quantitative estimate of drug-likeness (QED) is 0.612. The Kier molecular flexibility index (Phi) is 5.07. The number of carbonyl (C=O) groups is 1. The monoisotopic (exact) mass is 360 g/mol. The van der Waals surface area contributed by atoms with Crippen molar-refractivity contribution < 1.29 is 24.1 Å². The Morgan fingerprint density at radius 2 is 2.10 bits per heavy atom. The van der Waals surface area contributed by atoms with Crippen LogP contribution in [0, 0.1) is 0 Å². The normalized spacial score (nSPS) is 25.5. The Morgan fingerprint density at radius 1 is 1.43 bits per heavy atom. The van der Waals surface area contributed by atoms with Gasteiger partial charge in [0.2, 0.25) is 0 Å². The van der Waals surface area contributed by atoms with E-state index in [-0.39, 0.29) is 21.6 Å². The average Bonchev–Trinajstić information content (AvgIpc) is 2.82. The first-order valence-electron chi connectivity index (χ1n) is 6.68. The first-order chi connectivity index (χ1) is 9.89. The van der Waals surface area contributed by atoms with Crippen molar-refractivity contribution in [3.63, 3.8) is 0 Å². The Hall–Kier alpha value is -0.911. The summed E-state index contributed by atoms with van der Waals surface area (Å²) in [6, 6.07) is 9.87. The maximum atomic E-state index is 12.1. The summed E-state index contributed by atoms with van der Waals surface area (Å²) in [6.45, 7) is 3.43. The number of aliphatic hydroxyl groups excluding tert-OH is 1. The van der Waals surface area contributed by atoms with Gasteiger partial charge in [0.1, 0.15) is 0 Å². The van der Waals surface area contributed by atoms with E-state index < -0.39 is 23.5 Å². The summed E-state index contributed by atoms with van der Waals surface area (Å²) in [5.74, 6) is -1.50. The molecule has 1 heterocycles. The molecular weight excluding hydrogens is 339 g/mol. The second-order valence-corrected chi connectivity index (χ2v) is 7.61. The predicted octanol–water partition coefficient (Wildman–Crippen LogP) is 0.490. The summed E-state index contributed by atoms with van der Waals surface area (Å²) in [5.41, 5.74) is -1.44. The standard InChI is InChI=1S/C15H20O5Se/c1-14(2)19-10-15(20-14,13(17)18-3)12(16)9-21-11-7-5-4-6-8-11/h4-8,12,16H,9-10H2,1-3H3. The fraction of sp³-hybridized carbons (Fsp3) is 0.533. The first kappa shape index (κ1) is 16.5. The second kappa shape index (κ2) is 6.46. The number of methoxy groups -OCH3 is 1. The van der Waals surface area contributed by atoms with E-state index in [1.165, 1.54) is 7.11 Å². The van der Waals surface area contributed by atoms with E-state index in [4.69, 9.17) is 14.2 Å². The van der Waals surface area contributed by atoms with Gasteiger partial charge in [-0.3, -0.25) is 0 Å². The van der Waals surface area contributed by atoms with E-state index in [0.29, 0.717) is 5.32 Å². The van der Waals surface area contributed by atoms with Crippen LogP contribution < -0.4 is 4.46 Å². The summed E-state index contributed by atoms with van der Waals surface area (Å²) in [5, 5.41) is 11.0. The van der Waals surface area contributed by atoms with Gasteiger partial charge in [0.15, 0.2) is 0 Å². The molecule has 0 saturated carbocycles. The van der Waals surface area contributed by atoms with Gasteiger partial charge in [-0.25, -0.2) is 0 Å². The molecule has 5 nitrogen and oxygen atoms in total. The van der Waals surface area contributed by atoms with E-state index >= 15 is 0 Å². The van der Waals surface area contributed by atoms with E-state index in [9.17, 15) is 9.90 Å². The molecule has 0 bridgehead atoms. The Bertz CT molecular complexity index is 490. The van der Waals surface area contributed by atoms with E-state index in [0.717, 1.165) is 4.46 Å². The van der Waals surface area contributed by atoms with Crippen molar-refractivity contribution in [3.8, 4) is 0 Å². The van der Waals surface area contributed by atoms with Crippen LogP contribution in [0.1, 0.15) is 13.8 Å². The molecule has 0 aromatic heterocycles. The van der Waals surface area contributed by atoms with Gasteiger partial charge < -0.3 is 0 Å². The molecule has 0 radical (unpaired) electrons. The molecule has 2 rings (SSSR count). The van der Waals surface area contributed by atoms with Crippen molar-refractivity contribution in [2.24, 2.45) is 0 Å². The number of ether oxygens (including phenoxy) is 3. The fourth-order valence-electron chi connectivity index (χ4n) is 2.18. The maximum absolute atomic E-state index is 12.1. The molecule has 2 atom stereocenters. The molecule has 6 heteroatoms. The van der Waals surface area contributed by atoms with Gasteiger partial charge >= 0.3 is 130 Å². The predicted molar refractivity (Wildman–Crippen MR) is 78.5 cm³/mol. The van der Waals surface area contributed by atoms with Crippen molar-refractivity contribution in [2.45, 2.75) is 36.7 Å². The molecule has 0 amide bonds. The summed E-state index contributed by atoms with van der Waals surface area (Å²) in [6.07, 6.45) is -0.966. The summed E-state index contributed by atoms with van der Waals surface area (Å²) in [7, 11) is 1.29. The van der Waals surface area contributed by atoms with Gasteiger partial charge in [-0.05, 0) is 0 Å². The van der Waals surface area contributed by atoms with Crippen molar-refractivity contribution in [3.05, 3.63) is 30.3 Å². The minimum atomic E-state index is -1.44. The number of hydrogen-bond donors (Lipinski definition) is 1. The van der Waals surface area contributed by atoms with Gasteiger partial charge in [0.05, 0.1) is 0 Å². The topological polar surface area (TPSA) is 65.0 Å². The van der Waals surface area contributed by atoms with Crippen molar-refractivity contribution in [2.75, 3.05) is 13.7 Å². The van der Waals surface area contributed by atoms with Crippen LogP contribution in [0.3, 0.4) is 0 Å². The number of esters is 1. The number of aliphatic hydroxyl groups is 1. The molecule has 1 aromatic carbocycles. The number of rotatable bonds is 5. The first-order valence-corrected chi connectivity index (χ1v) is 8.75. The average molecular weight is 359 g/mol. The Morgan fingerprint density at radius 3 is 2.62 bits per heavy atom. The van der Waals surface area contributed by atoms with Crippen molar-refractivity contribution >= 4 is 25.4 Å². The molecule has 1 aliphatic heterocycles. The molecule has 0 spiro atoms. The molecule has 116 valence electrons. The molecule has 1 saturated heterocycles. The van der Waals surface area contributed by atoms with Crippen LogP contribution in [0.5, 0.6) is 0 Å². The SMILES string of the molecule is COC(=O)C1(C(O)C[Se]c2ccccc2)COC(C)(C)O1. The van der Waals surface area contributed by atoms with E-state index in [1.54, 1.807) is 13.8 Å². The molecule has 0 aliphatic carbocycles. The fourth-order valence-corrected chi connectivity index (χ4v) is 4.21. The van der Waals surface area contributed by atoms with Crippen LogP contribution in [0.25, 0.3) is 0 Å². The zero-order valence-corrected chi connectivity index (χ0v) is 14.1. The van der Waals surface area contributed by atoms with Crippen LogP contribution >= 0.6 is 0 Å². The molecular formula is C15H20O5Se. The zero-order chi connectivity index (χ0) is 15.5. The van der Waals surface area contributed by atoms with Crippen molar-refractivity contribution in [1.82, 2.24) is 0 Å². The van der Waals surface area contributed by atoms with Gasteiger partial charge in [-0.15, -0.1) is 0 Å². The van der Waals surface area contributed by atoms with Gasteiger partial charge in [0, 0.05) is 0 Å². The summed E-state index contributed by atoms with van der Waals surface area (Å²) in [4.78, 5) is 12.1.